The predicted octanol–water partition coefficient (Wildman–Crippen LogP) is 5.47. The number of benzene rings is 3. The maximum absolute atomic E-state index is 13.7. The summed E-state index contributed by atoms with van der Waals surface area (Å²) in [7, 11) is 0. The Hall–Kier alpha value is -4.15. The maximum Gasteiger partial charge on any atom is 0.264 e. The van der Waals surface area contributed by atoms with Crippen LogP contribution in [-0.4, -0.2) is 41.3 Å². The fourth-order valence-corrected chi connectivity index (χ4v) is 5.46. The molecule has 0 aliphatic carbocycles. The van der Waals surface area contributed by atoms with Gasteiger partial charge in [0.1, 0.15) is 0 Å². The van der Waals surface area contributed by atoms with Crippen molar-refractivity contribution in [1.82, 2.24) is 15.1 Å². The summed E-state index contributed by atoms with van der Waals surface area (Å²) in [5, 5.41) is 13.3. The second-order valence-electron chi connectivity index (χ2n) is 8.48. The molecule has 3 aromatic carbocycles. The molecule has 1 fully saturated rings. The van der Waals surface area contributed by atoms with Crippen LogP contribution >= 0.6 is 11.3 Å². The SMILES string of the molecule is Cc1ccccc1N=C(NC#N)N1CCN(C(=O)c2cc3ccccc3s2)C(c2ccccc2)C1. The van der Waals surface area contributed by atoms with Crippen LogP contribution in [0.3, 0.4) is 0 Å². The van der Waals surface area contributed by atoms with Gasteiger partial charge in [-0.05, 0) is 41.6 Å². The predicted molar refractivity (Wildman–Crippen MR) is 141 cm³/mol. The fourth-order valence-electron chi connectivity index (χ4n) is 4.44. The molecule has 0 bridgehead atoms. The second kappa shape index (κ2) is 10.00. The summed E-state index contributed by atoms with van der Waals surface area (Å²) in [6.07, 6.45) is 2.03. The highest BCUT2D eigenvalue weighted by Gasteiger charge is 2.34. The molecule has 1 aliphatic rings. The van der Waals surface area contributed by atoms with Gasteiger partial charge in [0.2, 0.25) is 5.96 Å². The average Bonchev–Trinajstić information content (AvgIpc) is 3.34. The van der Waals surface area contributed by atoms with Crippen LogP contribution in [-0.2, 0) is 0 Å². The molecule has 35 heavy (non-hydrogen) atoms. The smallest absolute Gasteiger partial charge is 0.264 e. The lowest BCUT2D eigenvalue weighted by Crippen LogP contribution is -2.54. The first-order valence-electron chi connectivity index (χ1n) is 11.5. The van der Waals surface area contributed by atoms with Crippen LogP contribution in [0.15, 0.2) is 89.9 Å². The molecule has 0 saturated carbocycles. The highest BCUT2D eigenvalue weighted by atomic mass is 32.1. The van der Waals surface area contributed by atoms with Crippen molar-refractivity contribution in [3.63, 3.8) is 0 Å². The van der Waals surface area contributed by atoms with E-state index in [9.17, 15) is 10.1 Å². The summed E-state index contributed by atoms with van der Waals surface area (Å²) in [6, 6.07) is 27.8. The Kier molecular flexibility index (Phi) is 6.47. The van der Waals surface area contributed by atoms with Crippen LogP contribution in [0.25, 0.3) is 10.1 Å². The number of aliphatic imine (C=N–C) groups is 1. The van der Waals surface area contributed by atoms with Gasteiger partial charge < -0.3 is 9.80 Å². The number of carbonyl (C=O) groups excluding carboxylic acids is 1. The molecular weight excluding hydrogens is 454 g/mol. The first kappa shape index (κ1) is 22.6. The van der Waals surface area contributed by atoms with Gasteiger partial charge in [0.15, 0.2) is 6.19 Å². The molecule has 2 heterocycles. The van der Waals surface area contributed by atoms with Crippen molar-refractivity contribution in [2.24, 2.45) is 4.99 Å². The number of nitrogens with one attached hydrogen (secondary N) is 1. The lowest BCUT2D eigenvalue weighted by atomic mass is 10.0. The van der Waals surface area contributed by atoms with E-state index in [-0.39, 0.29) is 11.9 Å². The van der Waals surface area contributed by atoms with Gasteiger partial charge >= 0.3 is 0 Å². The van der Waals surface area contributed by atoms with E-state index >= 15 is 0 Å². The molecule has 0 spiro atoms. The Bertz CT molecular complexity index is 1390. The molecule has 4 aromatic rings. The van der Waals surface area contributed by atoms with Crippen LogP contribution in [0.5, 0.6) is 0 Å². The first-order valence-corrected chi connectivity index (χ1v) is 12.3. The van der Waals surface area contributed by atoms with E-state index < -0.39 is 0 Å². The van der Waals surface area contributed by atoms with Crippen molar-refractivity contribution in [3.8, 4) is 6.19 Å². The van der Waals surface area contributed by atoms with Gasteiger partial charge in [-0.15, -0.1) is 11.3 Å². The number of amides is 1. The molecule has 1 unspecified atom stereocenters. The van der Waals surface area contributed by atoms with Crippen LogP contribution in [0, 0.1) is 18.4 Å². The van der Waals surface area contributed by atoms with Crippen molar-refractivity contribution >= 4 is 39.0 Å². The summed E-state index contributed by atoms with van der Waals surface area (Å²) >= 11 is 1.53. The molecule has 1 amide bonds. The minimum atomic E-state index is -0.176. The van der Waals surface area contributed by atoms with Crippen molar-refractivity contribution in [2.75, 3.05) is 19.6 Å². The molecule has 174 valence electrons. The van der Waals surface area contributed by atoms with Gasteiger partial charge in [-0.1, -0.05) is 66.7 Å². The molecular formula is C28H25N5OS. The lowest BCUT2D eigenvalue weighted by molar-refractivity contribution is 0.0552. The zero-order chi connectivity index (χ0) is 24.2. The number of para-hydroxylation sites is 1. The Morgan fingerprint density at radius 3 is 2.54 bits per heavy atom. The minimum Gasteiger partial charge on any atom is -0.338 e. The van der Waals surface area contributed by atoms with E-state index in [4.69, 9.17) is 4.99 Å². The second-order valence-corrected chi connectivity index (χ2v) is 9.56. The van der Waals surface area contributed by atoms with Gasteiger partial charge in [0.05, 0.1) is 16.6 Å². The van der Waals surface area contributed by atoms with Crippen LogP contribution in [0.4, 0.5) is 5.69 Å². The van der Waals surface area contributed by atoms with E-state index in [0.717, 1.165) is 31.8 Å². The highest BCUT2D eigenvalue weighted by molar-refractivity contribution is 7.20. The Labute approximate surface area is 208 Å². The number of piperazine rings is 1. The molecule has 6 nitrogen and oxygen atoms in total. The number of hydrogen-bond donors (Lipinski definition) is 1. The normalized spacial score (nSPS) is 16.2. The summed E-state index contributed by atoms with van der Waals surface area (Å²) < 4.78 is 1.11. The van der Waals surface area contributed by atoms with Gasteiger partial charge in [-0.3, -0.25) is 10.1 Å². The number of nitrogens with zero attached hydrogens (tertiary/aromatic N) is 4. The van der Waals surface area contributed by atoms with E-state index in [1.807, 2.05) is 90.8 Å². The van der Waals surface area contributed by atoms with Gasteiger partial charge in [-0.25, -0.2) is 4.99 Å². The Morgan fingerprint density at radius 2 is 1.77 bits per heavy atom. The topological polar surface area (TPSA) is 71.7 Å². The van der Waals surface area contributed by atoms with E-state index in [0.29, 0.717) is 25.6 Å². The van der Waals surface area contributed by atoms with Crippen molar-refractivity contribution in [3.05, 3.63) is 101 Å². The average molecular weight is 480 g/mol. The van der Waals surface area contributed by atoms with Crippen LogP contribution in [0.2, 0.25) is 0 Å². The zero-order valence-corrected chi connectivity index (χ0v) is 20.2. The first-order chi connectivity index (χ1) is 17.1. The Balaban J connectivity index is 1.48. The van der Waals surface area contributed by atoms with Crippen molar-refractivity contribution in [2.45, 2.75) is 13.0 Å². The third-order valence-electron chi connectivity index (χ3n) is 6.27. The lowest BCUT2D eigenvalue weighted by Gasteiger charge is -2.42. The number of carbonyl (C=O) groups is 1. The van der Waals surface area contributed by atoms with Crippen LogP contribution < -0.4 is 5.32 Å². The Morgan fingerprint density at radius 1 is 1.03 bits per heavy atom. The summed E-state index contributed by atoms with van der Waals surface area (Å²) in [5.41, 5.74) is 2.90. The zero-order valence-electron chi connectivity index (χ0n) is 19.4. The standard InChI is InChI=1S/C28H25N5OS/c1-20-9-5-7-13-23(20)31-28(30-19-29)32-15-16-33(24(18-32)21-10-3-2-4-11-21)27(34)26-17-22-12-6-8-14-25(22)35-26/h2-14,17,24H,15-16,18H2,1H3,(H,30,31). The number of fused-ring (bicyclic) bond motifs is 1. The molecule has 1 aliphatic heterocycles. The maximum atomic E-state index is 13.7. The molecule has 0 radical (unpaired) electrons. The number of thiophene rings is 1. The van der Waals surface area contributed by atoms with Crippen molar-refractivity contribution in [1.29, 1.82) is 5.26 Å². The third-order valence-corrected chi connectivity index (χ3v) is 7.38. The number of rotatable bonds is 3. The molecule has 7 heteroatoms. The number of nitriles is 1. The quantitative estimate of drug-likeness (QED) is 0.183. The molecule has 1 N–H and O–H groups in total. The number of guanidine groups is 1. The third kappa shape index (κ3) is 4.75. The highest BCUT2D eigenvalue weighted by Crippen LogP contribution is 2.32. The summed E-state index contributed by atoms with van der Waals surface area (Å²) in [6.45, 7) is 3.61. The summed E-state index contributed by atoms with van der Waals surface area (Å²) in [4.78, 5) is 23.2. The van der Waals surface area contributed by atoms with E-state index in [2.05, 4.69) is 22.3 Å². The summed E-state index contributed by atoms with van der Waals surface area (Å²) in [5.74, 6) is 0.530. The molecule has 1 saturated heterocycles. The van der Waals surface area contributed by atoms with Crippen molar-refractivity contribution < 1.29 is 4.79 Å². The number of hydrogen-bond acceptors (Lipinski definition) is 4. The van der Waals surface area contributed by atoms with E-state index in [1.165, 1.54) is 11.3 Å². The van der Waals surface area contributed by atoms with Gasteiger partial charge in [0.25, 0.3) is 5.91 Å². The van der Waals surface area contributed by atoms with Crippen LogP contribution in [0.1, 0.15) is 26.8 Å². The van der Waals surface area contributed by atoms with E-state index in [1.54, 1.807) is 0 Å². The monoisotopic (exact) mass is 479 g/mol. The van der Waals surface area contributed by atoms with Gasteiger partial charge in [-0.2, -0.15) is 5.26 Å². The molecule has 1 atom stereocenters. The van der Waals surface area contributed by atoms with Gasteiger partial charge in [0, 0.05) is 24.3 Å². The minimum absolute atomic E-state index is 0.0327. The number of aryl methyl sites for hydroxylation is 1. The largest absolute Gasteiger partial charge is 0.338 e. The molecule has 1 aromatic heterocycles. The molecule has 5 rings (SSSR count). The fraction of sp³-hybridized carbons (Fsp3) is 0.179.